The number of imidazole rings is 3. The van der Waals surface area contributed by atoms with Gasteiger partial charge in [-0.25, -0.2) is 44.3 Å². The summed E-state index contributed by atoms with van der Waals surface area (Å²) in [7, 11) is 1.69. The number of aromatic nitrogens is 9. The van der Waals surface area contributed by atoms with Crippen LogP contribution in [0.1, 0.15) is 81.6 Å². The second-order valence-electron chi connectivity index (χ2n) is 18.6. The van der Waals surface area contributed by atoms with E-state index >= 15 is 0 Å². The third kappa shape index (κ3) is 21.5. The molecular weight excluding hydrogens is 897 g/mol. The van der Waals surface area contributed by atoms with Crippen LogP contribution in [0.15, 0.2) is 74.0 Å². The Morgan fingerprint density at radius 3 is 1.60 bits per heavy atom. The highest BCUT2D eigenvalue weighted by molar-refractivity contribution is 7.85. The average Bonchev–Trinajstić information content (AvgIpc) is 4.00. The largest absolute Gasteiger partial charge is 0.444 e. The van der Waals surface area contributed by atoms with Gasteiger partial charge < -0.3 is 43.0 Å². The van der Waals surface area contributed by atoms with Gasteiger partial charge in [-0.2, -0.15) is 8.42 Å². The first kappa shape index (κ1) is 55.9. The minimum absolute atomic E-state index is 0.0615. The molecule has 21 nitrogen and oxygen atoms in total. The fourth-order valence-electron chi connectivity index (χ4n) is 5.68. The standard InChI is InChI=1S/2C15H22N4O2.C10H21NO5S.C6H5N3/c1-15(2,3)21-14(20)18(4)9-6-10-19-11-17-13-12(19)7-5-8-16-13;1-15(2,3)21-14(20)18(4)9-6-10-19-11-17-12-7-5-8-16-13(12)19;1-10(2,3)16-9(12)11(4)7-6-8-15-17(5,13)14;1-2-5-6(7-3-1)9-4-8-5/h2*5,7-8,11H,6,9-10H2,1-4H3;6-8H2,1-5H3;1-4H,(H,7,8,9). The van der Waals surface area contributed by atoms with Crippen molar-refractivity contribution in [3.05, 3.63) is 74.0 Å². The van der Waals surface area contributed by atoms with E-state index in [1.165, 1.54) is 4.90 Å². The molecule has 0 fully saturated rings. The summed E-state index contributed by atoms with van der Waals surface area (Å²) in [6.07, 6.45) is 12.5. The van der Waals surface area contributed by atoms with Gasteiger partial charge in [-0.15, -0.1) is 0 Å². The van der Waals surface area contributed by atoms with E-state index < -0.39 is 33.0 Å². The first-order valence-electron chi connectivity index (χ1n) is 22.1. The van der Waals surface area contributed by atoms with Gasteiger partial charge in [0.2, 0.25) is 0 Å². The number of pyridine rings is 3. The van der Waals surface area contributed by atoms with E-state index in [-0.39, 0.29) is 18.8 Å². The number of hydrogen-bond acceptors (Lipinski definition) is 15. The van der Waals surface area contributed by atoms with Crippen molar-refractivity contribution in [2.24, 2.45) is 0 Å². The van der Waals surface area contributed by atoms with Gasteiger partial charge in [0.1, 0.15) is 22.3 Å². The number of nitrogens with one attached hydrogen (secondary N) is 1. The van der Waals surface area contributed by atoms with Crippen molar-refractivity contribution in [2.45, 2.75) is 111 Å². The number of fused-ring (bicyclic) bond motifs is 3. The van der Waals surface area contributed by atoms with Crippen LogP contribution in [0.2, 0.25) is 0 Å². The summed E-state index contributed by atoms with van der Waals surface area (Å²) in [5, 5.41) is 0. The van der Waals surface area contributed by atoms with Gasteiger partial charge in [-0.05, 0) is 118 Å². The lowest BCUT2D eigenvalue weighted by molar-refractivity contribution is 0.0283. The van der Waals surface area contributed by atoms with Crippen LogP contribution >= 0.6 is 0 Å². The Labute approximate surface area is 399 Å². The van der Waals surface area contributed by atoms with E-state index in [4.69, 9.17) is 14.2 Å². The van der Waals surface area contributed by atoms with Gasteiger partial charge in [-0.3, -0.25) is 4.18 Å². The molecule has 3 amide bonds. The number of carbonyl (C=O) groups is 3. The molecule has 6 rings (SSSR count). The molecule has 0 aromatic carbocycles. The predicted octanol–water partition coefficient (Wildman–Crippen LogP) is 7.55. The first-order chi connectivity index (χ1) is 31.7. The predicted molar refractivity (Wildman–Crippen MR) is 260 cm³/mol. The Hall–Kier alpha value is -6.42. The zero-order valence-electron chi connectivity index (χ0n) is 41.8. The molecule has 0 saturated heterocycles. The molecule has 68 heavy (non-hydrogen) atoms. The van der Waals surface area contributed by atoms with Gasteiger partial charge in [0.15, 0.2) is 16.9 Å². The minimum Gasteiger partial charge on any atom is -0.444 e. The molecule has 0 aliphatic rings. The van der Waals surface area contributed by atoms with Crippen molar-refractivity contribution in [3.8, 4) is 0 Å². The first-order valence-corrected chi connectivity index (χ1v) is 24.0. The van der Waals surface area contributed by atoms with Crippen LogP contribution in [-0.4, -0.2) is 156 Å². The molecule has 6 aromatic rings. The summed E-state index contributed by atoms with van der Waals surface area (Å²) in [4.78, 5) is 67.7. The Bertz CT molecular complexity index is 2450. The lowest BCUT2D eigenvalue weighted by Crippen LogP contribution is -2.35. The summed E-state index contributed by atoms with van der Waals surface area (Å²) < 4.78 is 45.7. The van der Waals surface area contributed by atoms with E-state index in [0.717, 1.165) is 65.7 Å². The van der Waals surface area contributed by atoms with Crippen LogP contribution in [0.5, 0.6) is 0 Å². The van der Waals surface area contributed by atoms with Crippen molar-refractivity contribution in [2.75, 3.05) is 53.6 Å². The number of rotatable bonds is 13. The van der Waals surface area contributed by atoms with Crippen LogP contribution in [0.25, 0.3) is 33.5 Å². The SMILES string of the molecule is CN(CCCOS(C)(=O)=O)C(=O)OC(C)(C)C.CN(CCCn1cnc2cccnc21)C(=O)OC(C)(C)C.CN(CCCn1cnc2ncccc21)C(=O)OC(C)(C)C.c1cnc2nc[nH]c2c1. The molecule has 374 valence electrons. The molecule has 22 heteroatoms. The van der Waals surface area contributed by atoms with Gasteiger partial charge in [-0.1, -0.05) is 0 Å². The lowest BCUT2D eigenvalue weighted by atomic mass is 10.2. The summed E-state index contributed by atoms with van der Waals surface area (Å²) in [5.74, 6) is 0. The smallest absolute Gasteiger partial charge is 0.410 e. The quantitative estimate of drug-likeness (QED) is 0.0668. The number of aryl methyl sites for hydroxylation is 2. The topological polar surface area (TPSA) is 235 Å². The number of carbonyl (C=O) groups excluding carboxylic acids is 3. The maximum atomic E-state index is 11.8. The molecule has 1 N–H and O–H groups in total. The molecule has 6 heterocycles. The monoisotopic (exact) mass is 967 g/mol. The van der Waals surface area contributed by atoms with Crippen LogP contribution in [0, 0.1) is 0 Å². The summed E-state index contributed by atoms with van der Waals surface area (Å²) in [5.41, 5.74) is 3.82. The van der Waals surface area contributed by atoms with Crippen molar-refractivity contribution < 1.29 is 41.2 Å². The number of nitrogens with zero attached hydrogens (tertiary/aromatic N) is 11. The molecule has 6 aromatic heterocycles. The Morgan fingerprint density at radius 2 is 1.07 bits per heavy atom. The molecule has 0 unspecified atom stereocenters. The Morgan fingerprint density at radius 1 is 0.603 bits per heavy atom. The van der Waals surface area contributed by atoms with E-state index in [9.17, 15) is 22.8 Å². The Balaban J connectivity index is 0.000000248. The number of hydrogen-bond donors (Lipinski definition) is 1. The summed E-state index contributed by atoms with van der Waals surface area (Å²) in [6, 6.07) is 11.5. The number of amides is 3. The maximum Gasteiger partial charge on any atom is 0.410 e. The van der Waals surface area contributed by atoms with Gasteiger partial charge in [0.25, 0.3) is 10.1 Å². The number of aromatic amines is 1. The summed E-state index contributed by atoms with van der Waals surface area (Å²) >= 11 is 0. The highest BCUT2D eigenvalue weighted by atomic mass is 32.2. The van der Waals surface area contributed by atoms with Crippen LogP contribution in [0.4, 0.5) is 14.4 Å². The summed E-state index contributed by atoms with van der Waals surface area (Å²) in [6.45, 7) is 19.8. The van der Waals surface area contributed by atoms with E-state index in [2.05, 4.69) is 39.1 Å². The second kappa shape index (κ2) is 25.6. The molecule has 0 atom stereocenters. The fraction of sp³-hybridized carbons (Fsp3) is 0.543. The highest BCUT2D eigenvalue weighted by Gasteiger charge is 2.21. The van der Waals surface area contributed by atoms with Crippen LogP contribution in [0.3, 0.4) is 0 Å². The average molecular weight is 967 g/mol. The van der Waals surface area contributed by atoms with E-state index in [0.29, 0.717) is 26.1 Å². The van der Waals surface area contributed by atoms with Gasteiger partial charge in [0, 0.05) is 72.5 Å². The van der Waals surface area contributed by atoms with E-state index in [1.54, 1.807) is 89.3 Å². The van der Waals surface area contributed by atoms with Crippen molar-refractivity contribution in [1.82, 2.24) is 58.7 Å². The Kier molecular flexibility index (Phi) is 21.1. The molecule has 0 aliphatic heterocycles. The minimum atomic E-state index is -3.41. The lowest BCUT2D eigenvalue weighted by Gasteiger charge is -2.24. The van der Waals surface area contributed by atoms with Crippen molar-refractivity contribution in [1.29, 1.82) is 0 Å². The molecular formula is C46H70N12O9S. The van der Waals surface area contributed by atoms with Crippen molar-refractivity contribution in [3.63, 3.8) is 0 Å². The maximum absolute atomic E-state index is 11.8. The fourth-order valence-corrected chi connectivity index (χ4v) is 6.10. The van der Waals surface area contributed by atoms with Gasteiger partial charge >= 0.3 is 18.3 Å². The number of H-pyrrole nitrogens is 1. The third-order valence-electron chi connectivity index (χ3n) is 8.80. The number of ether oxygens (including phenoxy) is 3. The molecule has 0 bridgehead atoms. The molecule has 0 spiro atoms. The molecule has 0 saturated carbocycles. The molecule has 0 radical (unpaired) electrons. The third-order valence-corrected chi connectivity index (χ3v) is 9.39. The van der Waals surface area contributed by atoms with Gasteiger partial charge in [0.05, 0.1) is 42.9 Å². The van der Waals surface area contributed by atoms with E-state index in [1.807, 2.05) is 87.1 Å². The second-order valence-corrected chi connectivity index (χ2v) is 20.3. The molecule has 0 aliphatic carbocycles. The van der Waals surface area contributed by atoms with Crippen LogP contribution < -0.4 is 0 Å². The highest BCUT2D eigenvalue weighted by Crippen LogP contribution is 2.14. The zero-order valence-corrected chi connectivity index (χ0v) is 42.6. The normalized spacial score (nSPS) is 11.6. The van der Waals surface area contributed by atoms with Crippen LogP contribution in [-0.2, 0) is 41.6 Å². The van der Waals surface area contributed by atoms with Crippen molar-refractivity contribution >= 4 is 61.9 Å². The zero-order chi connectivity index (χ0) is 50.7.